The molecule has 1 unspecified atom stereocenters. The molecule has 11 heteroatoms. The van der Waals surface area contributed by atoms with Crippen molar-refractivity contribution in [3.05, 3.63) is 108 Å². The van der Waals surface area contributed by atoms with Crippen molar-refractivity contribution in [2.75, 3.05) is 19.6 Å². The van der Waals surface area contributed by atoms with Crippen LogP contribution in [0.25, 0.3) is 10.9 Å². The Balaban J connectivity index is 1.41. The number of H-pyrrole nitrogens is 1. The van der Waals surface area contributed by atoms with Gasteiger partial charge in [-0.25, -0.2) is 4.79 Å². The van der Waals surface area contributed by atoms with Crippen molar-refractivity contribution < 1.29 is 29.0 Å². The molecule has 0 spiro atoms. The molecular weight excluding hydrogens is 670 g/mol. The number of likely N-dealkylation sites (tertiary alicyclic amines) is 1. The first-order valence-electron chi connectivity index (χ1n) is 18.6. The Hall–Kier alpha value is -5.00. The summed E-state index contributed by atoms with van der Waals surface area (Å²) in [5.41, 5.74) is 5.57. The van der Waals surface area contributed by atoms with Crippen LogP contribution >= 0.6 is 0 Å². The molecular formula is C42H53N5O6. The number of amides is 3. The molecule has 53 heavy (non-hydrogen) atoms. The third-order valence-electron chi connectivity index (χ3n) is 9.92. The lowest BCUT2D eigenvalue weighted by atomic mass is 9.84. The number of aromatic amines is 1. The first-order chi connectivity index (χ1) is 25.3. The first kappa shape index (κ1) is 39.2. The number of nitrogens with two attached hydrogens (primary N) is 1. The van der Waals surface area contributed by atoms with Gasteiger partial charge in [0.2, 0.25) is 11.8 Å². The molecule has 1 fully saturated rings. The summed E-state index contributed by atoms with van der Waals surface area (Å²) >= 11 is 0. The van der Waals surface area contributed by atoms with Crippen molar-refractivity contribution >= 4 is 34.6 Å². The summed E-state index contributed by atoms with van der Waals surface area (Å²) in [5.74, 6) is -3.16. The van der Waals surface area contributed by atoms with Crippen molar-refractivity contribution in [3.63, 3.8) is 0 Å². The van der Waals surface area contributed by atoms with Gasteiger partial charge in [-0.15, -0.1) is 0 Å². The first-order valence-corrected chi connectivity index (χ1v) is 18.6. The Morgan fingerprint density at radius 2 is 1.55 bits per heavy atom. The number of piperidine rings is 1. The normalized spacial score (nSPS) is 16.7. The quantitative estimate of drug-likeness (QED) is 0.0913. The Morgan fingerprint density at radius 1 is 0.925 bits per heavy atom. The average Bonchev–Trinajstić information content (AvgIpc) is 3.60. The van der Waals surface area contributed by atoms with E-state index in [1.807, 2.05) is 49.5 Å². The van der Waals surface area contributed by atoms with Crippen LogP contribution in [0.15, 0.2) is 91.1 Å². The number of rotatable bonds is 14. The molecule has 4 atom stereocenters. The minimum absolute atomic E-state index is 0.0576. The number of hydrogen-bond acceptors (Lipinski definition) is 7. The lowest BCUT2D eigenvalue weighted by Crippen LogP contribution is -2.57. The summed E-state index contributed by atoms with van der Waals surface area (Å²) in [4.78, 5) is 61.0. The smallest absolute Gasteiger partial charge is 0.329 e. The van der Waals surface area contributed by atoms with E-state index in [1.165, 1.54) is 0 Å². The summed E-state index contributed by atoms with van der Waals surface area (Å²) < 4.78 is 5.67. The van der Waals surface area contributed by atoms with Crippen LogP contribution in [-0.2, 0) is 29.5 Å². The number of para-hydroxylation sites is 1. The Bertz CT molecular complexity index is 1810. The van der Waals surface area contributed by atoms with E-state index in [4.69, 9.17) is 10.5 Å². The molecule has 1 aliphatic heterocycles. The molecule has 1 saturated heterocycles. The SMILES string of the molecule is C[C@@H](c1c[nH]c2ccccc12)[C@H](NC(=O)C1CCCN(C(=O)C(O)(c2ccccc2)c2ccccc2)C1)C(=O)N[C@@H](CCCCN)C(=O)OC(C)(C)C. The van der Waals surface area contributed by atoms with E-state index in [1.54, 1.807) is 74.2 Å². The van der Waals surface area contributed by atoms with E-state index in [9.17, 15) is 24.3 Å². The molecule has 2 heterocycles. The van der Waals surface area contributed by atoms with Crippen molar-refractivity contribution in [2.45, 2.75) is 89.0 Å². The molecule has 1 aromatic heterocycles. The number of aromatic nitrogens is 1. The maximum absolute atomic E-state index is 14.3. The number of nitrogens with one attached hydrogen (secondary N) is 3. The number of hydrogen-bond donors (Lipinski definition) is 5. The Labute approximate surface area is 311 Å². The fourth-order valence-corrected chi connectivity index (χ4v) is 7.09. The molecule has 0 aliphatic carbocycles. The molecule has 1 aliphatic rings. The van der Waals surface area contributed by atoms with Crippen molar-refractivity contribution in [1.82, 2.24) is 20.5 Å². The lowest BCUT2D eigenvalue weighted by Gasteiger charge is -2.38. The maximum Gasteiger partial charge on any atom is 0.329 e. The van der Waals surface area contributed by atoms with Crippen LogP contribution in [0.1, 0.15) is 82.4 Å². The largest absolute Gasteiger partial charge is 0.458 e. The van der Waals surface area contributed by atoms with Crippen molar-refractivity contribution in [1.29, 1.82) is 0 Å². The summed E-state index contributed by atoms with van der Waals surface area (Å²) in [5, 5.41) is 19.0. The number of unbranched alkanes of at least 4 members (excludes halogenated alkanes) is 1. The molecule has 0 saturated carbocycles. The van der Waals surface area contributed by atoms with Crippen LogP contribution in [0.4, 0.5) is 0 Å². The van der Waals surface area contributed by atoms with E-state index in [-0.39, 0.29) is 6.54 Å². The predicted octanol–water partition coefficient (Wildman–Crippen LogP) is 4.89. The van der Waals surface area contributed by atoms with Gasteiger partial charge in [-0.05, 0) is 82.2 Å². The molecule has 11 nitrogen and oxygen atoms in total. The van der Waals surface area contributed by atoms with Gasteiger partial charge in [-0.2, -0.15) is 0 Å². The van der Waals surface area contributed by atoms with Crippen LogP contribution in [0.5, 0.6) is 0 Å². The standard InChI is InChI=1S/C42H53N5O6/c1-28(33-26-44-34-22-12-11-21-32(33)34)36(38(49)45-35(23-13-14-24-43)39(50)53-41(2,3)4)46-37(48)29-16-15-25-47(27-29)40(51)42(52,30-17-7-5-8-18-30)31-19-9-6-10-20-31/h5-12,17-22,26,28-29,35-36,44,52H,13-16,23-25,27,43H2,1-4H3,(H,45,49)(H,46,48)/t28-,29?,35-,36-/m0/s1. The van der Waals surface area contributed by atoms with Gasteiger partial charge < -0.3 is 36.1 Å². The van der Waals surface area contributed by atoms with Crippen LogP contribution in [0.2, 0.25) is 0 Å². The van der Waals surface area contributed by atoms with Crippen LogP contribution in [0, 0.1) is 5.92 Å². The number of carbonyl (C=O) groups is 4. The molecule has 282 valence electrons. The summed E-state index contributed by atoms with van der Waals surface area (Å²) in [6, 6.07) is 23.3. The minimum Gasteiger partial charge on any atom is -0.458 e. The lowest BCUT2D eigenvalue weighted by molar-refractivity contribution is -0.159. The number of ether oxygens (including phenoxy) is 1. The van der Waals surface area contributed by atoms with E-state index in [2.05, 4.69) is 15.6 Å². The van der Waals surface area contributed by atoms with Gasteiger partial charge in [-0.3, -0.25) is 14.4 Å². The van der Waals surface area contributed by atoms with E-state index in [0.717, 1.165) is 16.5 Å². The molecule has 0 bridgehead atoms. The van der Waals surface area contributed by atoms with Gasteiger partial charge in [0.05, 0.1) is 5.92 Å². The maximum atomic E-state index is 14.3. The highest BCUT2D eigenvalue weighted by Gasteiger charge is 2.45. The Morgan fingerprint density at radius 3 is 2.17 bits per heavy atom. The second-order valence-corrected chi connectivity index (χ2v) is 15.0. The number of fused-ring (bicyclic) bond motifs is 1. The second-order valence-electron chi connectivity index (χ2n) is 15.0. The number of carbonyl (C=O) groups excluding carboxylic acids is 4. The van der Waals surface area contributed by atoms with Crippen LogP contribution in [0.3, 0.4) is 0 Å². The second kappa shape index (κ2) is 17.2. The zero-order valence-electron chi connectivity index (χ0n) is 31.1. The number of esters is 1. The monoisotopic (exact) mass is 723 g/mol. The molecule has 0 radical (unpaired) electrons. The highest BCUT2D eigenvalue weighted by molar-refractivity contribution is 5.94. The third-order valence-corrected chi connectivity index (χ3v) is 9.92. The van der Waals surface area contributed by atoms with Gasteiger partial charge in [0.15, 0.2) is 5.60 Å². The molecule has 3 amide bonds. The number of benzene rings is 3. The highest BCUT2D eigenvalue weighted by Crippen LogP contribution is 2.34. The topological polar surface area (TPSA) is 167 Å². The Kier molecular flexibility index (Phi) is 12.7. The van der Waals surface area contributed by atoms with E-state index < -0.39 is 58.8 Å². The number of nitrogens with zero attached hydrogens (tertiary/aromatic N) is 1. The van der Waals surface area contributed by atoms with Gasteiger partial charge in [0, 0.05) is 36.1 Å². The fourth-order valence-electron chi connectivity index (χ4n) is 7.09. The summed E-state index contributed by atoms with van der Waals surface area (Å²) in [7, 11) is 0. The van der Waals surface area contributed by atoms with Crippen LogP contribution in [-0.4, -0.2) is 76.0 Å². The van der Waals surface area contributed by atoms with Gasteiger partial charge in [0.1, 0.15) is 17.7 Å². The molecule has 6 N–H and O–H groups in total. The van der Waals surface area contributed by atoms with Gasteiger partial charge >= 0.3 is 5.97 Å². The van der Waals surface area contributed by atoms with E-state index in [0.29, 0.717) is 56.3 Å². The van der Waals surface area contributed by atoms with E-state index >= 15 is 0 Å². The zero-order valence-corrected chi connectivity index (χ0v) is 31.1. The molecule has 3 aromatic carbocycles. The average molecular weight is 724 g/mol. The zero-order chi connectivity index (χ0) is 38.2. The van der Waals surface area contributed by atoms with Crippen molar-refractivity contribution in [3.8, 4) is 0 Å². The van der Waals surface area contributed by atoms with Crippen LogP contribution < -0.4 is 16.4 Å². The fraction of sp³-hybridized carbons (Fsp3) is 0.429. The third kappa shape index (κ3) is 9.33. The molecule has 5 rings (SSSR count). The summed E-state index contributed by atoms with van der Waals surface area (Å²) in [6.07, 6.45) is 4.44. The highest BCUT2D eigenvalue weighted by atomic mass is 16.6. The molecule has 4 aromatic rings. The van der Waals surface area contributed by atoms with Crippen molar-refractivity contribution in [2.24, 2.45) is 11.7 Å². The summed E-state index contributed by atoms with van der Waals surface area (Å²) in [6.45, 7) is 8.04. The number of aliphatic hydroxyl groups is 1. The predicted molar refractivity (Wildman–Crippen MR) is 205 cm³/mol. The van der Waals surface area contributed by atoms with Gasteiger partial charge in [0.25, 0.3) is 5.91 Å². The minimum atomic E-state index is -1.96. The van der Waals surface area contributed by atoms with Gasteiger partial charge in [-0.1, -0.05) is 85.8 Å².